The van der Waals surface area contributed by atoms with Gasteiger partial charge in [0.1, 0.15) is 0 Å². The van der Waals surface area contributed by atoms with Crippen molar-refractivity contribution in [2.24, 2.45) is 0 Å². The molecule has 3 nitrogen and oxygen atoms in total. The Morgan fingerprint density at radius 1 is 1.05 bits per heavy atom. The molecular weight excluding hydrogens is 282 g/mol. The molecule has 1 aromatic carbocycles. The van der Waals surface area contributed by atoms with Gasteiger partial charge in [-0.1, -0.05) is 23.7 Å². The van der Waals surface area contributed by atoms with Gasteiger partial charge in [0.2, 0.25) is 0 Å². The Balaban J connectivity index is 1.74. The molecule has 110 valence electrons. The highest BCUT2D eigenvalue weighted by Gasteiger charge is 2.14. The van der Waals surface area contributed by atoms with E-state index in [1.54, 1.807) is 0 Å². The van der Waals surface area contributed by atoms with Crippen LogP contribution >= 0.6 is 11.6 Å². The summed E-state index contributed by atoms with van der Waals surface area (Å²) in [6.07, 6.45) is 3.87. The average Bonchev–Trinajstić information content (AvgIpc) is 2.50. The SMILES string of the molecule is CN1CCN(Cc2cncc(-c3cccc(Cl)c3)c2)CC1. The number of halogens is 1. The van der Waals surface area contributed by atoms with Gasteiger partial charge in [-0.2, -0.15) is 0 Å². The molecule has 2 heterocycles. The van der Waals surface area contributed by atoms with E-state index < -0.39 is 0 Å². The molecule has 0 amide bonds. The van der Waals surface area contributed by atoms with Gasteiger partial charge < -0.3 is 4.90 Å². The lowest BCUT2D eigenvalue weighted by Crippen LogP contribution is -2.43. The quantitative estimate of drug-likeness (QED) is 0.868. The molecular formula is C17H20ClN3. The minimum absolute atomic E-state index is 0.761. The molecule has 3 rings (SSSR count). The van der Waals surface area contributed by atoms with E-state index in [1.165, 1.54) is 5.56 Å². The first-order valence-corrected chi connectivity index (χ1v) is 7.69. The van der Waals surface area contributed by atoms with Crippen molar-refractivity contribution in [2.75, 3.05) is 33.2 Å². The highest BCUT2D eigenvalue weighted by molar-refractivity contribution is 6.30. The van der Waals surface area contributed by atoms with Crippen LogP contribution in [0.4, 0.5) is 0 Å². The molecule has 1 aromatic heterocycles. The molecule has 4 heteroatoms. The monoisotopic (exact) mass is 301 g/mol. The maximum Gasteiger partial charge on any atom is 0.0412 e. The van der Waals surface area contributed by atoms with Crippen molar-refractivity contribution in [1.82, 2.24) is 14.8 Å². The number of pyridine rings is 1. The first kappa shape index (κ1) is 14.5. The van der Waals surface area contributed by atoms with Gasteiger partial charge in [-0.05, 0) is 36.4 Å². The largest absolute Gasteiger partial charge is 0.304 e. The van der Waals surface area contributed by atoms with E-state index in [9.17, 15) is 0 Å². The molecule has 0 bridgehead atoms. The molecule has 1 aliphatic rings. The minimum Gasteiger partial charge on any atom is -0.304 e. The van der Waals surface area contributed by atoms with Crippen molar-refractivity contribution in [1.29, 1.82) is 0 Å². The highest BCUT2D eigenvalue weighted by atomic mass is 35.5. The van der Waals surface area contributed by atoms with Crippen LogP contribution in [0.2, 0.25) is 5.02 Å². The first-order chi connectivity index (χ1) is 10.2. The summed E-state index contributed by atoms with van der Waals surface area (Å²) in [7, 11) is 2.18. The first-order valence-electron chi connectivity index (χ1n) is 7.31. The molecule has 0 atom stereocenters. The van der Waals surface area contributed by atoms with E-state index in [1.807, 2.05) is 30.6 Å². The van der Waals surface area contributed by atoms with Crippen molar-refractivity contribution in [3.63, 3.8) is 0 Å². The second-order valence-corrected chi connectivity index (χ2v) is 6.11. The fourth-order valence-electron chi connectivity index (χ4n) is 2.66. The fraction of sp³-hybridized carbons (Fsp3) is 0.353. The lowest BCUT2D eigenvalue weighted by Gasteiger charge is -2.32. The summed E-state index contributed by atoms with van der Waals surface area (Å²) in [5.41, 5.74) is 3.51. The van der Waals surface area contributed by atoms with Crippen LogP contribution in [0.15, 0.2) is 42.7 Å². The standard InChI is InChI=1S/C17H20ClN3/c1-20-5-7-21(8-6-20)13-14-9-16(12-19-11-14)15-3-2-4-17(18)10-15/h2-4,9-12H,5-8,13H2,1H3. The normalized spacial score (nSPS) is 17.0. The van der Waals surface area contributed by atoms with Crippen LogP contribution in [0.25, 0.3) is 11.1 Å². The molecule has 1 aliphatic heterocycles. The second kappa shape index (κ2) is 6.56. The van der Waals surface area contributed by atoms with Crippen LogP contribution in [-0.2, 0) is 6.54 Å². The lowest BCUT2D eigenvalue weighted by atomic mass is 10.1. The number of piperazine rings is 1. The van der Waals surface area contributed by atoms with Gasteiger partial charge in [0.25, 0.3) is 0 Å². The molecule has 1 saturated heterocycles. The molecule has 21 heavy (non-hydrogen) atoms. The summed E-state index contributed by atoms with van der Waals surface area (Å²) >= 11 is 6.07. The maximum atomic E-state index is 6.07. The Morgan fingerprint density at radius 2 is 1.86 bits per heavy atom. The van der Waals surface area contributed by atoms with Gasteiger partial charge in [0.15, 0.2) is 0 Å². The molecule has 0 unspecified atom stereocenters. The average molecular weight is 302 g/mol. The van der Waals surface area contributed by atoms with E-state index in [4.69, 9.17) is 11.6 Å². The number of hydrogen-bond acceptors (Lipinski definition) is 3. The highest BCUT2D eigenvalue weighted by Crippen LogP contribution is 2.23. The Hall–Kier alpha value is -1.42. The number of hydrogen-bond donors (Lipinski definition) is 0. The van der Waals surface area contributed by atoms with Gasteiger partial charge >= 0.3 is 0 Å². The Bertz CT molecular complexity index is 606. The predicted molar refractivity (Wildman–Crippen MR) is 87.5 cm³/mol. The van der Waals surface area contributed by atoms with E-state index >= 15 is 0 Å². The van der Waals surface area contributed by atoms with E-state index in [0.29, 0.717) is 0 Å². The van der Waals surface area contributed by atoms with Crippen LogP contribution in [0, 0.1) is 0 Å². The molecule has 1 fully saturated rings. The molecule has 0 spiro atoms. The number of nitrogens with zero attached hydrogens (tertiary/aromatic N) is 3. The summed E-state index contributed by atoms with van der Waals surface area (Å²) < 4.78 is 0. The lowest BCUT2D eigenvalue weighted by molar-refractivity contribution is 0.148. The zero-order chi connectivity index (χ0) is 14.7. The molecule has 0 N–H and O–H groups in total. The third kappa shape index (κ3) is 3.82. The summed E-state index contributed by atoms with van der Waals surface area (Å²) in [6.45, 7) is 5.49. The van der Waals surface area contributed by atoms with Gasteiger partial charge in [-0.3, -0.25) is 9.88 Å². The zero-order valence-electron chi connectivity index (χ0n) is 12.3. The smallest absolute Gasteiger partial charge is 0.0412 e. The topological polar surface area (TPSA) is 19.4 Å². The summed E-state index contributed by atoms with van der Waals surface area (Å²) in [5.74, 6) is 0. The zero-order valence-corrected chi connectivity index (χ0v) is 13.1. The van der Waals surface area contributed by atoms with Crippen LogP contribution < -0.4 is 0 Å². The van der Waals surface area contributed by atoms with E-state index in [-0.39, 0.29) is 0 Å². The van der Waals surface area contributed by atoms with Crippen molar-refractivity contribution in [2.45, 2.75) is 6.54 Å². The van der Waals surface area contributed by atoms with Crippen molar-refractivity contribution in [3.05, 3.63) is 53.3 Å². The maximum absolute atomic E-state index is 6.07. The number of rotatable bonds is 3. The van der Waals surface area contributed by atoms with Gasteiger partial charge in [-0.25, -0.2) is 0 Å². The summed E-state index contributed by atoms with van der Waals surface area (Å²) in [5, 5.41) is 0.761. The van der Waals surface area contributed by atoms with Crippen LogP contribution in [0.5, 0.6) is 0 Å². The number of aromatic nitrogens is 1. The van der Waals surface area contributed by atoms with Crippen LogP contribution in [0.3, 0.4) is 0 Å². The number of likely N-dealkylation sites (N-methyl/N-ethyl adjacent to an activating group) is 1. The third-order valence-electron chi connectivity index (χ3n) is 3.95. The fourth-order valence-corrected chi connectivity index (χ4v) is 2.85. The van der Waals surface area contributed by atoms with Gasteiger partial charge in [0, 0.05) is 55.7 Å². The van der Waals surface area contributed by atoms with Crippen molar-refractivity contribution in [3.8, 4) is 11.1 Å². The minimum atomic E-state index is 0.761. The van der Waals surface area contributed by atoms with Gasteiger partial charge in [0.05, 0.1) is 0 Å². The summed E-state index contributed by atoms with van der Waals surface area (Å²) in [4.78, 5) is 9.25. The molecule has 0 saturated carbocycles. The van der Waals surface area contributed by atoms with E-state index in [2.05, 4.69) is 34.0 Å². The van der Waals surface area contributed by atoms with Crippen LogP contribution in [-0.4, -0.2) is 48.0 Å². The van der Waals surface area contributed by atoms with Crippen LogP contribution in [0.1, 0.15) is 5.56 Å². The Kier molecular flexibility index (Phi) is 4.54. The molecule has 0 radical (unpaired) electrons. The third-order valence-corrected chi connectivity index (χ3v) is 4.19. The van der Waals surface area contributed by atoms with Crippen molar-refractivity contribution < 1.29 is 0 Å². The Labute approximate surface area is 131 Å². The van der Waals surface area contributed by atoms with Crippen molar-refractivity contribution >= 4 is 11.6 Å². The molecule has 2 aromatic rings. The molecule has 0 aliphatic carbocycles. The van der Waals surface area contributed by atoms with Gasteiger partial charge in [-0.15, -0.1) is 0 Å². The Morgan fingerprint density at radius 3 is 2.62 bits per heavy atom. The second-order valence-electron chi connectivity index (χ2n) is 5.67. The predicted octanol–water partition coefficient (Wildman–Crippen LogP) is 3.15. The van der Waals surface area contributed by atoms with E-state index in [0.717, 1.165) is 48.9 Å². The number of benzene rings is 1. The summed E-state index contributed by atoms with van der Waals surface area (Å²) in [6, 6.07) is 10.1.